The first kappa shape index (κ1) is 13.7. The molecule has 0 radical (unpaired) electrons. The number of phenols is 1. The van der Waals surface area contributed by atoms with Gasteiger partial charge < -0.3 is 15.7 Å². The third-order valence-electron chi connectivity index (χ3n) is 3.52. The van der Waals surface area contributed by atoms with Gasteiger partial charge in [-0.25, -0.2) is 0 Å². The van der Waals surface area contributed by atoms with Crippen LogP contribution < -0.4 is 5.73 Å². The Balaban J connectivity index is 2.13. The van der Waals surface area contributed by atoms with Gasteiger partial charge in [0.2, 0.25) is 0 Å². The van der Waals surface area contributed by atoms with Crippen LogP contribution in [0.1, 0.15) is 20.3 Å². The third kappa shape index (κ3) is 2.81. The zero-order valence-electron chi connectivity index (χ0n) is 11.6. The maximum Gasteiger partial charge on any atom is 0.153 e. The zero-order chi connectivity index (χ0) is 13.8. The Morgan fingerprint density at radius 2 is 2.05 bits per heavy atom. The van der Waals surface area contributed by atoms with E-state index in [0.29, 0.717) is 5.82 Å². The van der Waals surface area contributed by atoms with Gasteiger partial charge in [-0.1, -0.05) is 19.9 Å². The van der Waals surface area contributed by atoms with E-state index in [-0.39, 0.29) is 5.75 Å². The molecule has 0 unspecified atom stereocenters. The number of phenolic OH excluding ortho intramolecular Hbond substituents is 1. The van der Waals surface area contributed by atoms with Crippen molar-refractivity contribution < 1.29 is 5.11 Å². The first-order valence-corrected chi connectivity index (χ1v) is 6.83. The molecular formula is C14H22N4O. The summed E-state index contributed by atoms with van der Waals surface area (Å²) in [5, 5.41) is 15.1. The molecule has 5 nitrogen and oxygen atoms in total. The standard InChI is InChI=1S/C14H22N4O/c1-3-17(4-2)9-6-10-18-13-11(14(15)16-18)7-5-8-12(13)19/h5,7-8,19H,3-4,6,9-10H2,1-2H3,(H2,15,16). The van der Waals surface area contributed by atoms with Gasteiger partial charge in [-0.2, -0.15) is 5.10 Å². The third-order valence-corrected chi connectivity index (χ3v) is 3.52. The van der Waals surface area contributed by atoms with Crippen LogP contribution in [0.4, 0.5) is 5.82 Å². The fourth-order valence-electron chi connectivity index (χ4n) is 2.39. The van der Waals surface area contributed by atoms with E-state index >= 15 is 0 Å². The summed E-state index contributed by atoms with van der Waals surface area (Å²) in [5.41, 5.74) is 6.61. The molecule has 0 bridgehead atoms. The monoisotopic (exact) mass is 262 g/mol. The van der Waals surface area contributed by atoms with Gasteiger partial charge in [-0.15, -0.1) is 0 Å². The van der Waals surface area contributed by atoms with E-state index in [2.05, 4.69) is 23.8 Å². The van der Waals surface area contributed by atoms with E-state index in [1.807, 2.05) is 10.7 Å². The van der Waals surface area contributed by atoms with Crippen LogP contribution >= 0.6 is 0 Å². The maximum atomic E-state index is 9.94. The number of hydrogen-bond donors (Lipinski definition) is 2. The number of nitrogens with two attached hydrogens (primary N) is 1. The van der Waals surface area contributed by atoms with Crippen molar-refractivity contribution in [3.63, 3.8) is 0 Å². The molecule has 0 saturated carbocycles. The van der Waals surface area contributed by atoms with Gasteiger partial charge in [-0.05, 0) is 38.2 Å². The molecule has 0 aliphatic heterocycles. The second-order valence-electron chi connectivity index (χ2n) is 4.66. The smallest absolute Gasteiger partial charge is 0.153 e. The largest absolute Gasteiger partial charge is 0.506 e. The number of benzene rings is 1. The molecule has 1 heterocycles. The van der Waals surface area contributed by atoms with Crippen molar-refractivity contribution in [3.8, 4) is 5.75 Å². The summed E-state index contributed by atoms with van der Waals surface area (Å²) in [6, 6.07) is 5.35. The summed E-state index contributed by atoms with van der Waals surface area (Å²) in [5.74, 6) is 0.721. The Hall–Kier alpha value is -1.75. The second-order valence-corrected chi connectivity index (χ2v) is 4.66. The van der Waals surface area contributed by atoms with Crippen molar-refractivity contribution >= 4 is 16.7 Å². The summed E-state index contributed by atoms with van der Waals surface area (Å²) in [6.07, 6.45) is 0.992. The Labute approximate surface area is 113 Å². The molecule has 0 aliphatic carbocycles. The van der Waals surface area contributed by atoms with E-state index < -0.39 is 0 Å². The summed E-state index contributed by atoms with van der Waals surface area (Å²) >= 11 is 0. The van der Waals surface area contributed by atoms with Gasteiger partial charge in [0.05, 0.1) is 0 Å². The van der Waals surface area contributed by atoms with Crippen molar-refractivity contribution in [1.82, 2.24) is 14.7 Å². The average Bonchev–Trinajstić information content (AvgIpc) is 2.73. The predicted octanol–water partition coefficient (Wildman–Crippen LogP) is 2.06. The number of nitrogens with zero attached hydrogens (tertiary/aromatic N) is 3. The Morgan fingerprint density at radius 1 is 1.32 bits per heavy atom. The SMILES string of the molecule is CCN(CC)CCCn1nc(N)c2cccc(O)c21. The maximum absolute atomic E-state index is 9.94. The molecule has 0 aliphatic rings. The molecule has 19 heavy (non-hydrogen) atoms. The van der Waals surface area contributed by atoms with Crippen LogP contribution in [0.5, 0.6) is 5.75 Å². The van der Waals surface area contributed by atoms with Crippen LogP contribution in [0, 0.1) is 0 Å². The van der Waals surface area contributed by atoms with Gasteiger partial charge in [0.1, 0.15) is 11.3 Å². The van der Waals surface area contributed by atoms with Gasteiger partial charge in [0.25, 0.3) is 0 Å². The topological polar surface area (TPSA) is 67.3 Å². The van der Waals surface area contributed by atoms with E-state index in [1.54, 1.807) is 12.1 Å². The molecule has 2 rings (SSSR count). The fourth-order valence-corrected chi connectivity index (χ4v) is 2.39. The van der Waals surface area contributed by atoms with Crippen molar-refractivity contribution in [1.29, 1.82) is 0 Å². The lowest BCUT2D eigenvalue weighted by molar-refractivity contribution is 0.291. The summed E-state index contributed by atoms with van der Waals surface area (Å²) in [7, 11) is 0. The number of aromatic nitrogens is 2. The van der Waals surface area contributed by atoms with Gasteiger partial charge in [0.15, 0.2) is 5.82 Å². The van der Waals surface area contributed by atoms with Crippen molar-refractivity contribution in [2.45, 2.75) is 26.8 Å². The molecule has 3 N–H and O–H groups in total. The lowest BCUT2D eigenvalue weighted by Crippen LogP contribution is -2.25. The van der Waals surface area contributed by atoms with Gasteiger partial charge in [-0.3, -0.25) is 4.68 Å². The zero-order valence-corrected chi connectivity index (χ0v) is 11.6. The molecule has 2 aromatic rings. The molecule has 1 aromatic heterocycles. The summed E-state index contributed by atoms with van der Waals surface area (Å²) in [4.78, 5) is 2.37. The number of aromatic hydroxyl groups is 1. The highest BCUT2D eigenvalue weighted by Gasteiger charge is 2.11. The highest BCUT2D eigenvalue weighted by atomic mass is 16.3. The Kier molecular flexibility index (Phi) is 4.27. The van der Waals surface area contributed by atoms with E-state index in [1.165, 1.54) is 0 Å². The minimum Gasteiger partial charge on any atom is -0.506 e. The quantitative estimate of drug-likeness (QED) is 0.836. The van der Waals surface area contributed by atoms with Crippen LogP contribution in [-0.2, 0) is 6.54 Å². The van der Waals surface area contributed by atoms with Crippen LogP contribution in [0.3, 0.4) is 0 Å². The Bertz CT molecular complexity index is 546. The number of para-hydroxylation sites is 1. The number of hydrogen-bond acceptors (Lipinski definition) is 4. The van der Waals surface area contributed by atoms with Gasteiger partial charge >= 0.3 is 0 Å². The molecule has 5 heteroatoms. The first-order chi connectivity index (χ1) is 9.17. The molecule has 104 valence electrons. The number of nitrogen functional groups attached to an aromatic ring is 1. The summed E-state index contributed by atoms with van der Waals surface area (Å²) < 4.78 is 1.81. The molecule has 0 fully saturated rings. The normalized spacial score (nSPS) is 11.5. The fraction of sp³-hybridized carbons (Fsp3) is 0.500. The lowest BCUT2D eigenvalue weighted by Gasteiger charge is -2.17. The molecule has 1 aromatic carbocycles. The van der Waals surface area contributed by atoms with Crippen LogP contribution in [0.15, 0.2) is 18.2 Å². The minimum atomic E-state index is 0.240. The van der Waals surface area contributed by atoms with Crippen molar-refractivity contribution in [3.05, 3.63) is 18.2 Å². The van der Waals surface area contributed by atoms with Crippen LogP contribution in [-0.4, -0.2) is 39.4 Å². The molecule has 0 spiro atoms. The van der Waals surface area contributed by atoms with Crippen molar-refractivity contribution in [2.24, 2.45) is 0 Å². The number of anilines is 1. The number of fused-ring (bicyclic) bond motifs is 1. The Morgan fingerprint density at radius 3 is 2.74 bits per heavy atom. The molecule has 0 atom stereocenters. The number of aryl methyl sites for hydroxylation is 1. The van der Waals surface area contributed by atoms with Crippen LogP contribution in [0.2, 0.25) is 0 Å². The minimum absolute atomic E-state index is 0.240. The van der Waals surface area contributed by atoms with E-state index in [9.17, 15) is 5.11 Å². The second kappa shape index (κ2) is 5.93. The van der Waals surface area contributed by atoms with E-state index in [4.69, 9.17) is 5.73 Å². The van der Waals surface area contributed by atoms with Crippen LogP contribution in [0.25, 0.3) is 10.9 Å². The van der Waals surface area contributed by atoms with E-state index in [0.717, 1.165) is 43.5 Å². The molecule has 0 amide bonds. The molecular weight excluding hydrogens is 240 g/mol. The average molecular weight is 262 g/mol. The first-order valence-electron chi connectivity index (χ1n) is 6.83. The van der Waals surface area contributed by atoms with Crippen molar-refractivity contribution in [2.75, 3.05) is 25.4 Å². The summed E-state index contributed by atoms with van der Waals surface area (Å²) in [6.45, 7) is 8.24. The molecule has 0 saturated heterocycles. The highest BCUT2D eigenvalue weighted by Crippen LogP contribution is 2.28. The van der Waals surface area contributed by atoms with Gasteiger partial charge in [0, 0.05) is 11.9 Å². The predicted molar refractivity (Wildman–Crippen MR) is 78.2 cm³/mol. The lowest BCUT2D eigenvalue weighted by atomic mass is 10.2. The highest BCUT2D eigenvalue weighted by molar-refractivity contribution is 5.93. The number of rotatable bonds is 6.